The van der Waals surface area contributed by atoms with Crippen LogP contribution in [-0.4, -0.2) is 40.3 Å². The largest absolute Gasteiger partial charge is 0.480 e. The Morgan fingerprint density at radius 2 is 1.86 bits per heavy atom. The first-order valence-corrected chi connectivity index (χ1v) is 7.53. The van der Waals surface area contributed by atoms with Gasteiger partial charge in [-0.15, -0.1) is 0 Å². The third-order valence-electron chi connectivity index (χ3n) is 3.56. The van der Waals surface area contributed by atoms with Crippen LogP contribution >= 0.6 is 11.6 Å². The van der Waals surface area contributed by atoms with Crippen LogP contribution in [-0.2, 0) is 9.53 Å². The molecule has 0 aromatic heterocycles. The lowest BCUT2D eigenvalue weighted by molar-refractivity contribution is -0.142. The van der Waals surface area contributed by atoms with Gasteiger partial charge in [0.05, 0.1) is 0 Å². The Kier molecular flexibility index (Phi) is 4.66. The van der Waals surface area contributed by atoms with Crippen LogP contribution < -0.4 is 0 Å². The first-order valence-electron chi connectivity index (χ1n) is 7.15. The normalized spacial score (nSPS) is 21.7. The fourth-order valence-corrected chi connectivity index (χ4v) is 2.69. The van der Waals surface area contributed by atoms with Crippen LogP contribution in [0.1, 0.15) is 38.7 Å². The minimum absolute atomic E-state index is 0.0362. The number of ether oxygens (including phenoxy) is 1. The number of carboxylic acid groups (broad SMARTS) is 1. The van der Waals surface area contributed by atoms with Crippen molar-refractivity contribution < 1.29 is 19.4 Å². The Hall–Kier alpha value is -1.75. The van der Waals surface area contributed by atoms with Crippen LogP contribution in [0.15, 0.2) is 24.3 Å². The fraction of sp³-hybridized carbons (Fsp3) is 0.500. The van der Waals surface area contributed by atoms with E-state index in [9.17, 15) is 14.7 Å². The van der Waals surface area contributed by atoms with E-state index in [1.807, 2.05) is 12.1 Å². The van der Waals surface area contributed by atoms with Gasteiger partial charge in [-0.05, 0) is 44.9 Å². The van der Waals surface area contributed by atoms with E-state index in [0.717, 1.165) is 5.56 Å². The topological polar surface area (TPSA) is 66.8 Å². The molecule has 0 radical (unpaired) electrons. The molecule has 1 fully saturated rings. The molecule has 120 valence electrons. The number of amides is 1. The fourth-order valence-electron chi connectivity index (χ4n) is 2.57. The molecule has 1 aliphatic rings. The first-order chi connectivity index (χ1) is 10.2. The molecule has 1 N–H and O–H groups in total. The molecule has 1 aromatic carbocycles. The standard InChI is InChI=1S/C16H20ClNO4/c1-16(2,3)22-15(21)18-9-11(8-13(18)14(19)20)10-4-6-12(17)7-5-10/h4-7,11,13H,8-9H2,1-3H3,(H,19,20)/t11?,13-/m1/s1. The number of carbonyl (C=O) groups is 2. The maximum absolute atomic E-state index is 12.2. The third kappa shape index (κ3) is 3.91. The zero-order valence-corrected chi connectivity index (χ0v) is 13.6. The summed E-state index contributed by atoms with van der Waals surface area (Å²) < 4.78 is 5.31. The van der Waals surface area contributed by atoms with Crippen molar-refractivity contribution in [3.63, 3.8) is 0 Å². The molecule has 6 heteroatoms. The minimum atomic E-state index is -1.01. The highest BCUT2D eigenvalue weighted by atomic mass is 35.5. The summed E-state index contributed by atoms with van der Waals surface area (Å²) in [5.74, 6) is -1.05. The molecule has 1 heterocycles. The van der Waals surface area contributed by atoms with Gasteiger partial charge in [0.2, 0.25) is 0 Å². The monoisotopic (exact) mass is 325 g/mol. The number of aliphatic carboxylic acids is 1. The van der Waals surface area contributed by atoms with E-state index in [0.29, 0.717) is 18.0 Å². The summed E-state index contributed by atoms with van der Waals surface area (Å²) in [5, 5.41) is 9.99. The highest BCUT2D eigenvalue weighted by Crippen LogP contribution is 2.33. The Labute approximate surface area is 134 Å². The average molecular weight is 326 g/mol. The summed E-state index contributed by atoms with van der Waals surface area (Å²) in [7, 11) is 0. The van der Waals surface area contributed by atoms with Crippen molar-refractivity contribution in [1.82, 2.24) is 4.90 Å². The second-order valence-electron chi connectivity index (χ2n) is 6.47. The quantitative estimate of drug-likeness (QED) is 0.903. The van der Waals surface area contributed by atoms with Gasteiger partial charge in [0.25, 0.3) is 0 Å². The minimum Gasteiger partial charge on any atom is -0.480 e. The molecule has 1 aromatic rings. The van der Waals surface area contributed by atoms with Crippen LogP contribution in [0.25, 0.3) is 0 Å². The van der Waals surface area contributed by atoms with Gasteiger partial charge in [0.15, 0.2) is 0 Å². The number of hydrogen-bond acceptors (Lipinski definition) is 3. The van der Waals surface area contributed by atoms with Gasteiger partial charge >= 0.3 is 12.1 Å². The number of hydrogen-bond donors (Lipinski definition) is 1. The van der Waals surface area contributed by atoms with Crippen molar-refractivity contribution in [3.8, 4) is 0 Å². The first kappa shape index (κ1) is 16.6. The van der Waals surface area contributed by atoms with Crippen molar-refractivity contribution >= 4 is 23.7 Å². The van der Waals surface area contributed by atoms with Crippen molar-refractivity contribution in [1.29, 1.82) is 0 Å². The molecule has 1 unspecified atom stereocenters. The number of carbonyl (C=O) groups excluding carboxylic acids is 1. The van der Waals surface area contributed by atoms with Gasteiger partial charge in [-0.1, -0.05) is 23.7 Å². The molecule has 2 rings (SSSR count). The lowest BCUT2D eigenvalue weighted by atomic mass is 9.96. The molecular formula is C16H20ClNO4. The van der Waals surface area contributed by atoms with E-state index in [-0.39, 0.29) is 5.92 Å². The number of carboxylic acids is 1. The van der Waals surface area contributed by atoms with Gasteiger partial charge in [-0.3, -0.25) is 4.90 Å². The number of benzene rings is 1. The van der Waals surface area contributed by atoms with E-state index < -0.39 is 23.7 Å². The second kappa shape index (κ2) is 6.16. The molecule has 0 bridgehead atoms. The zero-order valence-electron chi connectivity index (χ0n) is 12.9. The van der Waals surface area contributed by atoms with Crippen molar-refractivity contribution in [2.45, 2.75) is 44.8 Å². The molecule has 0 spiro atoms. The van der Waals surface area contributed by atoms with E-state index >= 15 is 0 Å². The molecule has 0 aliphatic carbocycles. The second-order valence-corrected chi connectivity index (χ2v) is 6.91. The SMILES string of the molecule is CC(C)(C)OC(=O)N1CC(c2ccc(Cl)cc2)C[C@@H]1C(=O)O. The van der Waals surface area contributed by atoms with Crippen molar-refractivity contribution in [3.05, 3.63) is 34.9 Å². The summed E-state index contributed by atoms with van der Waals surface area (Å²) in [6.45, 7) is 5.60. The van der Waals surface area contributed by atoms with Crippen LogP contribution in [0.3, 0.4) is 0 Å². The number of nitrogens with zero attached hydrogens (tertiary/aromatic N) is 1. The summed E-state index contributed by atoms with van der Waals surface area (Å²) in [4.78, 5) is 25.0. The van der Waals surface area contributed by atoms with Crippen LogP contribution in [0.2, 0.25) is 5.02 Å². The molecule has 1 saturated heterocycles. The van der Waals surface area contributed by atoms with E-state index in [2.05, 4.69) is 0 Å². The van der Waals surface area contributed by atoms with Crippen LogP contribution in [0.5, 0.6) is 0 Å². The maximum Gasteiger partial charge on any atom is 0.411 e. The molecular weight excluding hydrogens is 306 g/mol. The smallest absolute Gasteiger partial charge is 0.411 e. The molecule has 0 saturated carbocycles. The van der Waals surface area contributed by atoms with Crippen LogP contribution in [0.4, 0.5) is 4.79 Å². The Morgan fingerprint density at radius 1 is 1.27 bits per heavy atom. The average Bonchev–Trinajstić information content (AvgIpc) is 2.83. The third-order valence-corrected chi connectivity index (χ3v) is 3.81. The van der Waals surface area contributed by atoms with Gasteiger partial charge in [0.1, 0.15) is 11.6 Å². The maximum atomic E-state index is 12.2. The molecule has 1 amide bonds. The highest BCUT2D eigenvalue weighted by Gasteiger charge is 2.41. The molecule has 2 atom stereocenters. The van der Waals surface area contributed by atoms with Crippen LogP contribution in [0, 0.1) is 0 Å². The predicted molar refractivity (Wildman–Crippen MR) is 83.2 cm³/mol. The Bertz CT molecular complexity index is 565. The van der Waals surface area contributed by atoms with Gasteiger partial charge < -0.3 is 9.84 Å². The molecule has 5 nitrogen and oxygen atoms in total. The zero-order chi connectivity index (χ0) is 16.5. The van der Waals surface area contributed by atoms with Gasteiger partial charge in [-0.25, -0.2) is 9.59 Å². The Balaban J connectivity index is 2.17. The Morgan fingerprint density at radius 3 is 2.36 bits per heavy atom. The molecule has 1 aliphatic heterocycles. The van der Waals surface area contributed by atoms with Gasteiger partial charge in [-0.2, -0.15) is 0 Å². The number of halogens is 1. The summed E-state index contributed by atoms with van der Waals surface area (Å²) in [6, 6.07) is 6.40. The van der Waals surface area contributed by atoms with Crippen molar-refractivity contribution in [2.75, 3.05) is 6.54 Å². The molecule has 22 heavy (non-hydrogen) atoms. The number of rotatable bonds is 2. The lowest BCUT2D eigenvalue weighted by Gasteiger charge is -2.26. The summed E-state index contributed by atoms with van der Waals surface area (Å²) in [5.41, 5.74) is 0.320. The summed E-state index contributed by atoms with van der Waals surface area (Å²) >= 11 is 5.87. The summed E-state index contributed by atoms with van der Waals surface area (Å²) in [6.07, 6.45) is -0.215. The number of likely N-dealkylation sites (tertiary alicyclic amines) is 1. The van der Waals surface area contributed by atoms with Gasteiger partial charge in [0, 0.05) is 17.5 Å². The van der Waals surface area contributed by atoms with E-state index in [1.165, 1.54) is 4.90 Å². The van der Waals surface area contributed by atoms with E-state index in [4.69, 9.17) is 16.3 Å². The highest BCUT2D eigenvalue weighted by molar-refractivity contribution is 6.30. The van der Waals surface area contributed by atoms with E-state index in [1.54, 1.807) is 32.9 Å². The van der Waals surface area contributed by atoms with Crippen molar-refractivity contribution in [2.24, 2.45) is 0 Å². The predicted octanol–water partition coefficient (Wildman–Crippen LogP) is 3.52. The lowest BCUT2D eigenvalue weighted by Crippen LogP contribution is -2.43.